The number of hydrogen-bond acceptors (Lipinski definition) is 5. The summed E-state index contributed by atoms with van der Waals surface area (Å²) in [6.45, 7) is -0.241. The van der Waals surface area contributed by atoms with Gasteiger partial charge in [0.1, 0.15) is 5.82 Å². The van der Waals surface area contributed by atoms with Crippen LogP contribution in [-0.4, -0.2) is 32.7 Å². The average Bonchev–Trinajstić information content (AvgIpc) is 2.74. The van der Waals surface area contributed by atoms with Crippen molar-refractivity contribution in [3.8, 4) is 0 Å². The summed E-state index contributed by atoms with van der Waals surface area (Å²) in [5, 5.41) is 22.9. The Morgan fingerprint density at radius 2 is 2.00 bits per heavy atom. The first kappa shape index (κ1) is 19.7. The molecule has 0 spiro atoms. The van der Waals surface area contributed by atoms with E-state index in [9.17, 15) is 19.4 Å². The third-order valence-electron chi connectivity index (χ3n) is 5.28. The third kappa shape index (κ3) is 4.06. The molecule has 1 aliphatic rings. The summed E-state index contributed by atoms with van der Waals surface area (Å²) in [6, 6.07) is 9.20. The van der Waals surface area contributed by atoms with Gasteiger partial charge in [0.15, 0.2) is 0 Å². The van der Waals surface area contributed by atoms with Crippen molar-refractivity contribution in [2.45, 2.75) is 25.4 Å². The van der Waals surface area contributed by atoms with E-state index in [1.54, 1.807) is 18.2 Å². The van der Waals surface area contributed by atoms with E-state index in [4.69, 9.17) is 0 Å². The van der Waals surface area contributed by atoms with Crippen LogP contribution in [0.25, 0.3) is 10.9 Å². The number of rotatable bonds is 5. The molecular formula is C22H21FN2O3S. The van der Waals surface area contributed by atoms with Crippen molar-refractivity contribution >= 4 is 40.0 Å². The molecule has 5 nitrogen and oxygen atoms in total. The molecule has 0 atom stereocenters. The van der Waals surface area contributed by atoms with E-state index in [-0.39, 0.29) is 23.9 Å². The minimum Gasteiger partial charge on any atom is -0.478 e. The van der Waals surface area contributed by atoms with Crippen molar-refractivity contribution < 1.29 is 19.4 Å². The number of aliphatic hydroxyl groups excluding tert-OH is 1. The number of anilines is 2. The second-order valence-corrected chi connectivity index (χ2v) is 8.33. The highest BCUT2D eigenvalue weighted by molar-refractivity contribution is 7.99. The lowest BCUT2D eigenvalue weighted by Crippen LogP contribution is -2.12. The quantitative estimate of drug-likeness (QED) is 0.552. The summed E-state index contributed by atoms with van der Waals surface area (Å²) in [6.07, 6.45) is 3.82. The van der Waals surface area contributed by atoms with Crippen LogP contribution in [0.5, 0.6) is 0 Å². The number of aromatic carboxylic acids is 1. The highest BCUT2D eigenvalue weighted by Crippen LogP contribution is 2.40. The number of nitrogens with one attached hydrogen (secondary N) is 1. The topological polar surface area (TPSA) is 82.5 Å². The summed E-state index contributed by atoms with van der Waals surface area (Å²) >= 11 is 1.92. The Morgan fingerprint density at radius 1 is 1.21 bits per heavy atom. The second-order valence-electron chi connectivity index (χ2n) is 7.10. The van der Waals surface area contributed by atoms with Crippen molar-refractivity contribution in [2.24, 2.45) is 0 Å². The predicted molar refractivity (Wildman–Crippen MR) is 114 cm³/mol. The summed E-state index contributed by atoms with van der Waals surface area (Å²) < 4.78 is 14.1. The molecule has 1 aromatic heterocycles. The van der Waals surface area contributed by atoms with Crippen molar-refractivity contribution in [1.29, 1.82) is 0 Å². The fraction of sp³-hybridized carbons (Fsp3) is 0.273. The van der Waals surface area contributed by atoms with Gasteiger partial charge >= 0.3 is 5.97 Å². The van der Waals surface area contributed by atoms with Crippen LogP contribution < -0.4 is 5.32 Å². The normalized spacial score (nSPS) is 14.8. The van der Waals surface area contributed by atoms with Crippen LogP contribution >= 0.6 is 11.8 Å². The highest BCUT2D eigenvalue weighted by Gasteiger charge is 2.22. The minimum atomic E-state index is -1.09. The largest absolute Gasteiger partial charge is 0.478 e. The smallest absolute Gasteiger partial charge is 0.337 e. The van der Waals surface area contributed by atoms with E-state index in [2.05, 4.69) is 10.3 Å². The molecule has 1 aliphatic heterocycles. The maximum absolute atomic E-state index is 14.1. The zero-order valence-electron chi connectivity index (χ0n) is 15.7. The monoisotopic (exact) mass is 412 g/mol. The van der Waals surface area contributed by atoms with E-state index in [1.807, 2.05) is 18.0 Å². The Hall–Kier alpha value is -2.64. The molecule has 29 heavy (non-hydrogen) atoms. The zero-order chi connectivity index (χ0) is 20.4. The Bertz CT molecular complexity index is 1070. The van der Waals surface area contributed by atoms with E-state index < -0.39 is 5.97 Å². The molecule has 0 amide bonds. The number of halogens is 1. The van der Waals surface area contributed by atoms with Crippen molar-refractivity contribution in [1.82, 2.24) is 4.98 Å². The van der Waals surface area contributed by atoms with Crippen LogP contribution in [0.4, 0.5) is 15.8 Å². The van der Waals surface area contributed by atoms with Gasteiger partial charge in [0.25, 0.3) is 0 Å². The molecule has 0 unspecified atom stereocenters. The van der Waals surface area contributed by atoms with E-state index in [0.717, 1.165) is 29.9 Å². The van der Waals surface area contributed by atoms with E-state index in [0.29, 0.717) is 27.8 Å². The number of benzene rings is 2. The number of carboxylic acid groups (broad SMARTS) is 1. The van der Waals surface area contributed by atoms with Crippen LogP contribution in [0.15, 0.2) is 42.6 Å². The van der Waals surface area contributed by atoms with Crippen LogP contribution in [0.1, 0.15) is 40.2 Å². The Labute approximate surface area is 172 Å². The molecule has 4 rings (SSSR count). The third-order valence-corrected chi connectivity index (χ3v) is 6.33. The molecular weight excluding hydrogens is 391 g/mol. The van der Waals surface area contributed by atoms with Crippen molar-refractivity contribution in [3.05, 3.63) is 65.1 Å². The van der Waals surface area contributed by atoms with Gasteiger partial charge in [-0.05, 0) is 71.7 Å². The Balaban J connectivity index is 1.87. The van der Waals surface area contributed by atoms with Gasteiger partial charge in [-0.1, -0.05) is 6.07 Å². The van der Waals surface area contributed by atoms with Crippen LogP contribution in [0.3, 0.4) is 0 Å². The number of thioether (sulfide) groups is 1. The molecule has 3 N–H and O–H groups in total. The number of pyridine rings is 1. The van der Waals surface area contributed by atoms with Crippen LogP contribution in [0, 0.1) is 5.82 Å². The fourth-order valence-corrected chi connectivity index (χ4v) is 4.85. The fourth-order valence-electron chi connectivity index (χ4n) is 3.75. The lowest BCUT2D eigenvalue weighted by molar-refractivity contribution is 0.0698. The zero-order valence-corrected chi connectivity index (χ0v) is 16.5. The highest BCUT2D eigenvalue weighted by atomic mass is 32.2. The van der Waals surface area contributed by atoms with Gasteiger partial charge in [0.2, 0.25) is 0 Å². The van der Waals surface area contributed by atoms with Gasteiger partial charge in [0, 0.05) is 11.6 Å². The van der Waals surface area contributed by atoms with Gasteiger partial charge < -0.3 is 15.5 Å². The molecule has 0 saturated carbocycles. The van der Waals surface area contributed by atoms with Crippen LogP contribution in [0.2, 0.25) is 0 Å². The minimum absolute atomic E-state index is 0.0584. The Morgan fingerprint density at radius 3 is 2.72 bits per heavy atom. The second kappa shape index (κ2) is 8.39. The molecule has 0 radical (unpaired) electrons. The molecule has 0 aliphatic carbocycles. The number of hydrogen-bond donors (Lipinski definition) is 3. The molecule has 1 saturated heterocycles. The Kier molecular flexibility index (Phi) is 5.69. The van der Waals surface area contributed by atoms with Gasteiger partial charge in [-0.15, -0.1) is 0 Å². The maximum atomic E-state index is 14.1. The molecule has 2 heterocycles. The van der Waals surface area contributed by atoms with Crippen LogP contribution in [-0.2, 0) is 6.61 Å². The summed E-state index contributed by atoms with van der Waals surface area (Å²) in [4.78, 5) is 16.3. The molecule has 0 bridgehead atoms. The standard InChI is InChI=1S/C22H21FN2O3S/c23-15-2-4-19-16(10-15)21(18(11-24-19)14-5-7-29-8-6-14)25-20-3-1-13(12-26)9-17(20)22(27)28/h1-4,9-11,14,26H,5-8,12H2,(H,24,25)(H,27,28). The summed E-state index contributed by atoms with van der Waals surface area (Å²) in [5.74, 6) is 0.924. The number of aromatic nitrogens is 1. The number of carboxylic acids is 1. The maximum Gasteiger partial charge on any atom is 0.337 e. The molecule has 1 fully saturated rings. The van der Waals surface area contributed by atoms with Gasteiger partial charge in [0.05, 0.1) is 29.1 Å². The van der Waals surface area contributed by atoms with E-state index in [1.165, 1.54) is 18.2 Å². The van der Waals surface area contributed by atoms with Gasteiger partial charge in [-0.25, -0.2) is 9.18 Å². The lowest BCUT2D eigenvalue weighted by Gasteiger charge is -2.25. The number of carbonyl (C=O) groups is 1. The van der Waals surface area contributed by atoms with Gasteiger partial charge in [-0.2, -0.15) is 11.8 Å². The first-order chi connectivity index (χ1) is 14.1. The van der Waals surface area contributed by atoms with Crippen molar-refractivity contribution in [3.63, 3.8) is 0 Å². The summed E-state index contributed by atoms with van der Waals surface area (Å²) in [5.41, 5.74) is 3.30. The SMILES string of the molecule is O=C(O)c1cc(CO)ccc1Nc1c(C2CCSCC2)cnc2ccc(F)cc12. The number of fused-ring (bicyclic) bond motifs is 1. The molecule has 150 valence electrons. The van der Waals surface area contributed by atoms with E-state index >= 15 is 0 Å². The molecule has 7 heteroatoms. The predicted octanol–water partition coefficient (Wildman–Crippen LogP) is 4.92. The first-order valence-corrected chi connectivity index (χ1v) is 10.6. The lowest BCUT2D eigenvalue weighted by atomic mass is 9.91. The van der Waals surface area contributed by atoms with Crippen molar-refractivity contribution in [2.75, 3.05) is 16.8 Å². The molecule has 2 aromatic carbocycles. The average molecular weight is 412 g/mol. The van der Waals surface area contributed by atoms with Gasteiger partial charge in [-0.3, -0.25) is 4.98 Å². The number of aliphatic hydroxyl groups is 1. The summed E-state index contributed by atoms with van der Waals surface area (Å²) in [7, 11) is 0. The first-order valence-electron chi connectivity index (χ1n) is 9.47. The molecule has 3 aromatic rings. The number of nitrogens with zero attached hydrogens (tertiary/aromatic N) is 1.